The van der Waals surface area contributed by atoms with Gasteiger partial charge >= 0.3 is 0 Å². The molecule has 1 fully saturated rings. The number of rotatable bonds is 6. The zero-order valence-electron chi connectivity index (χ0n) is 18.7. The second-order valence-electron chi connectivity index (χ2n) is 9.07. The highest BCUT2D eigenvalue weighted by Crippen LogP contribution is 2.34. The lowest BCUT2D eigenvalue weighted by Gasteiger charge is -2.34. The standard InChI is InChI=1S/C22H31N5O4/c1-14-7-6-8-17(9-14)31-13-15-11-27(25-24-15)19(22(2,3)4)21(30)26-12-16(28)10-18(26)20(29)23-5/h6-9,11,16,18-19,28H,10,12-13H2,1-5H3,(H,23,29)/t16?,18-,19?/m1/s1. The summed E-state index contributed by atoms with van der Waals surface area (Å²) in [5.41, 5.74) is 1.19. The lowest BCUT2D eigenvalue weighted by Crippen LogP contribution is -2.49. The van der Waals surface area contributed by atoms with Crippen LogP contribution in [0.2, 0.25) is 0 Å². The Bertz CT molecular complexity index is 936. The van der Waals surface area contributed by atoms with E-state index in [0.717, 1.165) is 11.3 Å². The number of hydrogen-bond acceptors (Lipinski definition) is 6. The minimum atomic E-state index is -0.735. The van der Waals surface area contributed by atoms with Crippen LogP contribution in [0.25, 0.3) is 0 Å². The number of benzene rings is 1. The molecule has 0 radical (unpaired) electrons. The van der Waals surface area contributed by atoms with Gasteiger partial charge in [0.1, 0.15) is 30.1 Å². The van der Waals surface area contributed by atoms with Crippen molar-refractivity contribution in [3.8, 4) is 5.75 Å². The number of amides is 2. The number of carbonyl (C=O) groups excluding carboxylic acids is 2. The number of aliphatic hydroxyl groups is 1. The van der Waals surface area contributed by atoms with Gasteiger partial charge in [0.25, 0.3) is 0 Å². The summed E-state index contributed by atoms with van der Waals surface area (Å²) < 4.78 is 7.32. The molecular weight excluding hydrogens is 398 g/mol. The fraction of sp³-hybridized carbons (Fsp3) is 0.545. The van der Waals surface area contributed by atoms with Gasteiger partial charge in [0.05, 0.1) is 12.3 Å². The number of hydrogen-bond donors (Lipinski definition) is 2. The number of likely N-dealkylation sites (N-methyl/N-ethyl adjacent to an activating group) is 1. The van der Waals surface area contributed by atoms with E-state index in [9.17, 15) is 14.7 Å². The second-order valence-corrected chi connectivity index (χ2v) is 9.07. The Morgan fingerprint density at radius 3 is 2.74 bits per heavy atom. The Hall–Kier alpha value is -2.94. The zero-order valence-corrected chi connectivity index (χ0v) is 18.7. The number of β-amino-alcohol motifs (C(OH)–C–C–N with tert-alkyl or cyclic N) is 1. The number of aryl methyl sites for hydroxylation is 1. The van der Waals surface area contributed by atoms with Crippen LogP contribution in [-0.4, -0.2) is 62.6 Å². The quantitative estimate of drug-likeness (QED) is 0.720. The normalized spacial score (nSPS) is 19.9. The Morgan fingerprint density at radius 1 is 1.35 bits per heavy atom. The van der Waals surface area contributed by atoms with Crippen molar-refractivity contribution in [1.82, 2.24) is 25.2 Å². The van der Waals surface area contributed by atoms with Crippen molar-refractivity contribution in [3.63, 3.8) is 0 Å². The third-order valence-corrected chi connectivity index (χ3v) is 5.36. The summed E-state index contributed by atoms with van der Waals surface area (Å²) in [6.07, 6.45) is 1.18. The van der Waals surface area contributed by atoms with E-state index >= 15 is 0 Å². The van der Waals surface area contributed by atoms with Crippen molar-refractivity contribution in [2.45, 2.75) is 58.9 Å². The first-order valence-corrected chi connectivity index (χ1v) is 10.4. The number of ether oxygens (including phenoxy) is 1. The molecule has 1 saturated heterocycles. The monoisotopic (exact) mass is 429 g/mol. The minimum absolute atomic E-state index is 0.113. The molecule has 1 aromatic carbocycles. The highest BCUT2D eigenvalue weighted by molar-refractivity contribution is 5.90. The Morgan fingerprint density at radius 2 is 2.10 bits per heavy atom. The molecule has 31 heavy (non-hydrogen) atoms. The van der Waals surface area contributed by atoms with Crippen LogP contribution in [0.5, 0.6) is 5.75 Å². The number of aromatic nitrogens is 3. The van der Waals surface area contributed by atoms with E-state index in [1.807, 2.05) is 52.0 Å². The third kappa shape index (κ3) is 5.22. The van der Waals surface area contributed by atoms with Crippen molar-refractivity contribution in [3.05, 3.63) is 41.7 Å². The van der Waals surface area contributed by atoms with Crippen molar-refractivity contribution < 1.29 is 19.4 Å². The van der Waals surface area contributed by atoms with Gasteiger partial charge in [-0.25, -0.2) is 4.68 Å². The molecule has 9 heteroatoms. The van der Waals surface area contributed by atoms with E-state index < -0.39 is 23.6 Å². The van der Waals surface area contributed by atoms with Crippen molar-refractivity contribution in [2.75, 3.05) is 13.6 Å². The maximum atomic E-state index is 13.5. The van der Waals surface area contributed by atoms with Gasteiger partial charge in [0.2, 0.25) is 11.8 Å². The average molecular weight is 430 g/mol. The average Bonchev–Trinajstić information content (AvgIpc) is 3.31. The molecule has 2 aromatic rings. The van der Waals surface area contributed by atoms with Crippen LogP contribution in [0.15, 0.2) is 30.5 Å². The van der Waals surface area contributed by atoms with E-state index in [1.165, 1.54) is 16.6 Å². The SMILES string of the molecule is CNC(=O)[C@H]1CC(O)CN1C(=O)C(n1cc(COc2cccc(C)c2)nn1)C(C)(C)C. The highest BCUT2D eigenvalue weighted by atomic mass is 16.5. The van der Waals surface area contributed by atoms with Gasteiger partial charge in [0, 0.05) is 20.0 Å². The van der Waals surface area contributed by atoms with Gasteiger partial charge in [-0.2, -0.15) is 0 Å². The largest absolute Gasteiger partial charge is 0.487 e. The van der Waals surface area contributed by atoms with E-state index in [4.69, 9.17) is 4.74 Å². The Labute approximate surface area is 182 Å². The molecule has 0 saturated carbocycles. The molecule has 3 atom stereocenters. The van der Waals surface area contributed by atoms with Gasteiger partial charge in [-0.05, 0) is 30.0 Å². The van der Waals surface area contributed by atoms with Crippen molar-refractivity contribution in [1.29, 1.82) is 0 Å². The predicted octanol–water partition coefficient (Wildman–Crippen LogP) is 1.46. The number of nitrogens with zero attached hydrogens (tertiary/aromatic N) is 4. The van der Waals surface area contributed by atoms with Gasteiger partial charge < -0.3 is 20.1 Å². The van der Waals surface area contributed by atoms with Crippen LogP contribution in [0.3, 0.4) is 0 Å². The highest BCUT2D eigenvalue weighted by Gasteiger charge is 2.44. The first kappa shape index (κ1) is 22.7. The minimum Gasteiger partial charge on any atom is -0.487 e. The fourth-order valence-electron chi connectivity index (χ4n) is 3.88. The summed E-state index contributed by atoms with van der Waals surface area (Å²) in [5.74, 6) is 0.176. The van der Waals surface area contributed by atoms with Crippen LogP contribution < -0.4 is 10.1 Å². The first-order valence-electron chi connectivity index (χ1n) is 10.4. The molecule has 1 aromatic heterocycles. The summed E-state index contributed by atoms with van der Waals surface area (Å²) in [7, 11) is 1.52. The smallest absolute Gasteiger partial charge is 0.248 e. The van der Waals surface area contributed by atoms with E-state index in [2.05, 4.69) is 15.6 Å². The fourth-order valence-corrected chi connectivity index (χ4v) is 3.88. The summed E-state index contributed by atoms with van der Waals surface area (Å²) in [6.45, 7) is 8.12. The van der Waals surface area contributed by atoms with Crippen LogP contribution in [-0.2, 0) is 16.2 Å². The van der Waals surface area contributed by atoms with Crippen LogP contribution in [0.1, 0.15) is 44.5 Å². The molecule has 0 spiro atoms. The molecule has 9 nitrogen and oxygen atoms in total. The maximum absolute atomic E-state index is 13.5. The molecule has 3 rings (SSSR count). The lowest BCUT2D eigenvalue weighted by atomic mass is 9.85. The molecule has 2 N–H and O–H groups in total. The van der Waals surface area contributed by atoms with Crippen molar-refractivity contribution >= 4 is 11.8 Å². The molecule has 1 aliphatic rings. The molecule has 1 aliphatic heterocycles. The van der Waals surface area contributed by atoms with E-state index in [-0.39, 0.29) is 31.4 Å². The number of likely N-dealkylation sites (tertiary alicyclic amines) is 1. The van der Waals surface area contributed by atoms with Gasteiger partial charge in [-0.3, -0.25) is 9.59 Å². The van der Waals surface area contributed by atoms with Crippen LogP contribution >= 0.6 is 0 Å². The zero-order chi connectivity index (χ0) is 22.8. The third-order valence-electron chi connectivity index (χ3n) is 5.36. The molecule has 0 aliphatic carbocycles. The topological polar surface area (TPSA) is 110 Å². The first-order chi connectivity index (χ1) is 14.6. The summed E-state index contributed by atoms with van der Waals surface area (Å²) in [5, 5.41) is 21.0. The van der Waals surface area contributed by atoms with Gasteiger partial charge in [-0.1, -0.05) is 38.1 Å². The van der Waals surface area contributed by atoms with Crippen molar-refractivity contribution in [2.24, 2.45) is 5.41 Å². The second kappa shape index (κ2) is 9.05. The van der Waals surface area contributed by atoms with Crippen LogP contribution in [0.4, 0.5) is 0 Å². The molecule has 168 valence electrons. The molecule has 2 amide bonds. The molecule has 2 heterocycles. The number of nitrogens with one attached hydrogen (secondary N) is 1. The van der Waals surface area contributed by atoms with E-state index in [0.29, 0.717) is 5.69 Å². The maximum Gasteiger partial charge on any atom is 0.248 e. The summed E-state index contributed by atoms with van der Waals surface area (Å²) >= 11 is 0. The van der Waals surface area contributed by atoms with Gasteiger partial charge in [-0.15, -0.1) is 5.10 Å². The number of carbonyl (C=O) groups is 2. The lowest BCUT2D eigenvalue weighted by molar-refractivity contribution is -0.144. The Kier molecular flexibility index (Phi) is 6.64. The molecular formula is C22H31N5O4. The summed E-state index contributed by atoms with van der Waals surface area (Å²) in [4.78, 5) is 27.2. The molecule has 0 bridgehead atoms. The van der Waals surface area contributed by atoms with Gasteiger partial charge in [0.15, 0.2) is 0 Å². The Balaban J connectivity index is 1.80. The number of aliphatic hydroxyl groups excluding tert-OH is 1. The summed E-state index contributed by atoms with van der Waals surface area (Å²) in [6, 6.07) is 6.32. The predicted molar refractivity (Wildman–Crippen MR) is 114 cm³/mol. The molecule has 2 unspecified atom stereocenters. The van der Waals surface area contributed by atoms with E-state index in [1.54, 1.807) is 6.20 Å². The van der Waals surface area contributed by atoms with Crippen LogP contribution in [0, 0.1) is 12.3 Å².